The van der Waals surface area contributed by atoms with Gasteiger partial charge < -0.3 is 10.4 Å². The van der Waals surface area contributed by atoms with Crippen LogP contribution in [-0.4, -0.2) is 41.7 Å². The summed E-state index contributed by atoms with van der Waals surface area (Å²) in [7, 11) is 0. The SMILES string of the molecule is CCN1CCCC1CNCc1ccc(CC(=O)O)cc1. The molecule has 1 heterocycles. The second-order valence-corrected chi connectivity index (χ2v) is 5.44. The van der Waals surface area contributed by atoms with E-state index in [1.807, 2.05) is 24.3 Å². The van der Waals surface area contributed by atoms with Crippen LogP contribution in [0.15, 0.2) is 24.3 Å². The Balaban J connectivity index is 1.75. The van der Waals surface area contributed by atoms with Crippen molar-refractivity contribution in [3.8, 4) is 0 Å². The number of nitrogens with zero attached hydrogens (tertiary/aromatic N) is 1. The van der Waals surface area contributed by atoms with E-state index in [0.29, 0.717) is 6.04 Å². The molecule has 0 amide bonds. The number of carboxylic acid groups (broad SMARTS) is 1. The Kier molecular flexibility index (Phi) is 5.56. The molecule has 0 spiro atoms. The average Bonchev–Trinajstić information content (AvgIpc) is 2.87. The van der Waals surface area contributed by atoms with Crippen molar-refractivity contribution in [1.29, 1.82) is 0 Å². The molecule has 4 heteroatoms. The van der Waals surface area contributed by atoms with E-state index in [2.05, 4.69) is 17.1 Å². The van der Waals surface area contributed by atoms with E-state index < -0.39 is 5.97 Å². The fourth-order valence-electron chi connectivity index (χ4n) is 2.88. The van der Waals surface area contributed by atoms with E-state index in [1.54, 1.807) is 0 Å². The molecule has 1 fully saturated rings. The van der Waals surface area contributed by atoms with Gasteiger partial charge in [0.1, 0.15) is 0 Å². The van der Waals surface area contributed by atoms with Crippen molar-refractivity contribution in [2.45, 2.75) is 38.8 Å². The van der Waals surface area contributed by atoms with E-state index in [-0.39, 0.29) is 6.42 Å². The maximum absolute atomic E-state index is 10.6. The molecule has 0 bridgehead atoms. The molecule has 1 saturated heterocycles. The Bertz CT molecular complexity index is 431. The number of carbonyl (C=O) groups is 1. The summed E-state index contributed by atoms with van der Waals surface area (Å²) in [6, 6.07) is 8.50. The number of benzene rings is 1. The quantitative estimate of drug-likeness (QED) is 0.798. The van der Waals surface area contributed by atoms with Crippen molar-refractivity contribution >= 4 is 5.97 Å². The lowest BCUT2D eigenvalue weighted by Crippen LogP contribution is -2.37. The van der Waals surface area contributed by atoms with Crippen LogP contribution in [0.25, 0.3) is 0 Å². The molecule has 1 aromatic carbocycles. The van der Waals surface area contributed by atoms with E-state index in [9.17, 15) is 4.79 Å². The number of aliphatic carboxylic acids is 1. The standard InChI is InChI=1S/C16H24N2O2/c1-2-18-9-3-4-15(18)12-17-11-14-7-5-13(6-8-14)10-16(19)20/h5-8,15,17H,2-4,9-12H2,1H3,(H,19,20). The fraction of sp³-hybridized carbons (Fsp3) is 0.562. The van der Waals surface area contributed by atoms with E-state index in [0.717, 1.165) is 25.2 Å². The fourth-order valence-corrected chi connectivity index (χ4v) is 2.88. The van der Waals surface area contributed by atoms with Crippen molar-refractivity contribution in [3.05, 3.63) is 35.4 Å². The van der Waals surface area contributed by atoms with Gasteiger partial charge in [0.25, 0.3) is 0 Å². The monoisotopic (exact) mass is 276 g/mol. The average molecular weight is 276 g/mol. The van der Waals surface area contributed by atoms with Crippen molar-refractivity contribution < 1.29 is 9.90 Å². The van der Waals surface area contributed by atoms with Crippen LogP contribution in [0, 0.1) is 0 Å². The third-order valence-electron chi connectivity index (χ3n) is 3.99. The zero-order valence-electron chi connectivity index (χ0n) is 12.1. The second kappa shape index (κ2) is 7.41. The van der Waals surface area contributed by atoms with Gasteiger partial charge in [-0.15, -0.1) is 0 Å². The van der Waals surface area contributed by atoms with Gasteiger partial charge in [-0.05, 0) is 37.1 Å². The molecule has 2 rings (SSSR count). The number of carboxylic acids is 1. The van der Waals surface area contributed by atoms with Crippen molar-refractivity contribution in [1.82, 2.24) is 10.2 Å². The van der Waals surface area contributed by atoms with Crippen molar-refractivity contribution in [3.63, 3.8) is 0 Å². The van der Waals surface area contributed by atoms with Crippen molar-refractivity contribution in [2.75, 3.05) is 19.6 Å². The lowest BCUT2D eigenvalue weighted by molar-refractivity contribution is -0.136. The first kappa shape index (κ1) is 15.0. The molecule has 1 aliphatic heterocycles. The normalized spacial score (nSPS) is 19.4. The molecule has 0 radical (unpaired) electrons. The van der Waals surface area contributed by atoms with Gasteiger partial charge in [-0.25, -0.2) is 0 Å². The lowest BCUT2D eigenvalue weighted by atomic mass is 10.1. The predicted octanol–water partition coefficient (Wildman–Crippen LogP) is 1.89. The molecular weight excluding hydrogens is 252 g/mol. The maximum Gasteiger partial charge on any atom is 0.307 e. The topological polar surface area (TPSA) is 52.6 Å². The van der Waals surface area contributed by atoms with Crippen LogP contribution < -0.4 is 5.32 Å². The highest BCUT2D eigenvalue weighted by atomic mass is 16.4. The molecule has 1 atom stereocenters. The van der Waals surface area contributed by atoms with Crippen LogP contribution >= 0.6 is 0 Å². The van der Waals surface area contributed by atoms with Crippen molar-refractivity contribution in [2.24, 2.45) is 0 Å². The van der Waals surface area contributed by atoms with Gasteiger partial charge in [0.2, 0.25) is 0 Å². The van der Waals surface area contributed by atoms with Gasteiger partial charge in [0.05, 0.1) is 6.42 Å². The first-order valence-corrected chi connectivity index (χ1v) is 7.43. The number of likely N-dealkylation sites (tertiary alicyclic amines) is 1. The summed E-state index contributed by atoms with van der Waals surface area (Å²) in [4.78, 5) is 13.1. The van der Waals surface area contributed by atoms with Crippen LogP contribution in [0.5, 0.6) is 0 Å². The second-order valence-electron chi connectivity index (χ2n) is 5.44. The molecule has 4 nitrogen and oxygen atoms in total. The highest BCUT2D eigenvalue weighted by Gasteiger charge is 2.21. The first-order chi connectivity index (χ1) is 9.69. The molecular formula is C16H24N2O2. The number of hydrogen-bond acceptors (Lipinski definition) is 3. The van der Waals surface area contributed by atoms with E-state index in [1.165, 1.54) is 24.9 Å². The number of nitrogens with one attached hydrogen (secondary N) is 1. The molecule has 1 aromatic rings. The Morgan fingerprint density at radius 3 is 2.70 bits per heavy atom. The molecule has 1 aliphatic rings. The van der Waals surface area contributed by atoms with Gasteiger partial charge in [-0.2, -0.15) is 0 Å². The van der Waals surface area contributed by atoms with E-state index in [4.69, 9.17) is 5.11 Å². The van der Waals surface area contributed by atoms with Crippen LogP contribution in [-0.2, 0) is 17.8 Å². The minimum absolute atomic E-state index is 0.0985. The molecule has 110 valence electrons. The summed E-state index contributed by atoms with van der Waals surface area (Å²) in [5.41, 5.74) is 2.06. The largest absolute Gasteiger partial charge is 0.481 e. The maximum atomic E-state index is 10.6. The molecule has 0 aromatic heterocycles. The smallest absolute Gasteiger partial charge is 0.307 e. The van der Waals surface area contributed by atoms with Crippen LogP contribution in [0.2, 0.25) is 0 Å². The van der Waals surface area contributed by atoms with Gasteiger partial charge in [0.15, 0.2) is 0 Å². The Morgan fingerprint density at radius 2 is 2.05 bits per heavy atom. The Labute approximate surface area is 120 Å². The zero-order chi connectivity index (χ0) is 14.4. The number of hydrogen-bond donors (Lipinski definition) is 2. The molecule has 0 saturated carbocycles. The summed E-state index contributed by atoms with van der Waals surface area (Å²) in [6.45, 7) is 6.47. The highest BCUT2D eigenvalue weighted by molar-refractivity contribution is 5.70. The summed E-state index contributed by atoms with van der Waals surface area (Å²) in [5, 5.41) is 12.2. The third-order valence-corrected chi connectivity index (χ3v) is 3.99. The third kappa shape index (κ3) is 4.32. The van der Waals surface area contributed by atoms with Gasteiger partial charge >= 0.3 is 5.97 Å². The summed E-state index contributed by atoms with van der Waals surface area (Å²) in [5.74, 6) is -0.781. The van der Waals surface area contributed by atoms with Gasteiger partial charge in [0, 0.05) is 19.1 Å². The van der Waals surface area contributed by atoms with Crippen LogP contribution in [0.4, 0.5) is 0 Å². The molecule has 0 aliphatic carbocycles. The lowest BCUT2D eigenvalue weighted by Gasteiger charge is -2.23. The Hall–Kier alpha value is -1.39. The van der Waals surface area contributed by atoms with Gasteiger partial charge in [-0.3, -0.25) is 9.69 Å². The zero-order valence-corrected chi connectivity index (χ0v) is 12.1. The van der Waals surface area contributed by atoms with E-state index >= 15 is 0 Å². The van der Waals surface area contributed by atoms with Crippen LogP contribution in [0.1, 0.15) is 30.9 Å². The summed E-state index contributed by atoms with van der Waals surface area (Å²) in [6.07, 6.45) is 2.70. The Morgan fingerprint density at radius 1 is 1.35 bits per heavy atom. The first-order valence-electron chi connectivity index (χ1n) is 7.43. The molecule has 2 N–H and O–H groups in total. The predicted molar refractivity (Wildman–Crippen MR) is 79.8 cm³/mol. The molecule has 20 heavy (non-hydrogen) atoms. The number of likely N-dealkylation sites (N-methyl/N-ethyl adjacent to an activating group) is 1. The summed E-state index contributed by atoms with van der Waals surface area (Å²) < 4.78 is 0. The minimum Gasteiger partial charge on any atom is -0.481 e. The van der Waals surface area contributed by atoms with Crippen LogP contribution in [0.3, 0.4) is 0 Å². The summed E-state index contributed by atoms with van der Waals surface area (Å²) >= 11 is 0. The van der Waals surface area contributed by atoms with Gasteiger partial charge in [-0.1, -0.05) is 31.2 Å². The highest BCUT2D eigenvalue weighted by Crippen LogP contribution is 2.15. The molecule has 1 unspecified atom stereocenters. The number of rotatable bonds is 7. The minimum atomic E-state index is -0.781.